The van der Waals surface area contributed by atoms with Crippen LogP contribution >= 0.6 is 0 Å². The lowest BCUT2D eigenvalue weighted by molar-refractivity contribution is -0.125. The first-order chi connectivity index (χ1) is 14.5. The first kappa shape index (κ1) is 20.5. The Bertz CT molecular complexity index is 986. The van der Waals surface area contributed by atoms with E-state index in [9.17, 15) is 4.79 Å². The van der Waals surface area contributed by atoms with E-state index in [-0.39, 0.29) is 23.4 Å². The topological polar surface area (TPSA) is 90.5 Å². The fourth-order valence-electron chi connectivity index (χ4n) is 4.90. The van der Waals surface area contributed by atoms with E-state index in [2.05, 4.69) is 45.3 Å². The highest BCUT2D eigenvalue weighted by molar-refractivity contribution is 5.78. The third kappa shape index (κ3) is 4.22. The second-order valence-electron chi connectivity index (χ2n) is 8.96. The van der Waals surface area contributed by atoms with E-state index in [1.807, 2.05) is 25.1 Å². The van der Waals surface area contributed by atoms with Gasteiger partial charge in [0, 0.05) is 12.5 Å². The molecule has 0 aliphatic heterocycles. The molecule has 2 heterocycles. The number of hydrogen-bond acceptors (Lipinski definition) is 5. The van der Waals surface area contributed by atoms with Gasteiger partial charge in [-0.3, -0.25) is 4.79 Å². The van der Waals surface area contributed by atoms with Crippen LogP contribution in [0.4, 0.5) is 0 Å². The number of imidazole rings is 1. The summed E-state index contributed by atoms with van der Waals surface area (Å²) in [6.07, 6.45) is 7.70. The van der Waals surface area contributed by atoms with E-state index in [1.54, 1.807) is 11.0 Å². The Morgan fingerprint density at radius 1 is 1.17 bits per heavy atom. The van der Waals surface area contributed by atoms with Crippen molar-refractivity contribution in [2.45, 2.75) is 77.9 Å². The highest BCUT2D eigenvalue weighted by Gasteiger charge is 2.36. The van der Waals surface area contributed by atoms with E-state index < -0.39 is 0 Å². The van der Waals surface area contributed by atoms with Crippen LogP contribution in [0.5, 0.6) is 0 Å². The van der Waals surface area contributed by atoms with Gasteiger partial charge in [0.15, 0.2) is 0 Å². The second kappa shape index (κ2) is 8.53. The standard InChI is InChI=1S/C22H31N7O/c1-16(2)29-19-10-6-5-9-18(19)25-21(29)17(3)24-20(30)13-22(11-7-4-8-12-22)14-28-15-23-26-27-28/h5-6,9-10,15-17H,4,7-8,11-14H2,1-3H3,(H,24,30). The number of carbonyl (C=O) groups is 1. The van der Waals surface area contributed by atoms with Gasteiger partial charge in [0.25, 0.3) is 0 Å². The van der Waals surface area contributed by atoms with Crippen LogP contribution in [0.15, 0.2) is 30.6 Å². The molecule has 1 N–H and O–H groups in total. The number of tetrazole rings is 1. The third-order valence-corrected chi connectivity index (χ3v) is 6.24. The van der Waals surface area contributed by atoms with Crippen molar-refractivity contribution in [2.75, 3.05) is 0 Å². The van der Waals surface area contributed by atoms with E-state index in [0.29, 0.717) is 13.0 Å². The van der Waals surface area contributed by atoms with E-state index >= 15 is 0 Å². The predicted molar refractivity (Wildman–Crippen MR) is 115 cm³/mol. The molecule has 1 aliphatic rings. The number of nitrogens with zero attached hydrogens (tertiary/aromatic N) is 6. The summed E-state index contributed by atoms with van der Waals surface area (Å²) >= 11 is 0. The predicted octanol–water partition coefficient (Wildman–Crippen LogP) is 3.82. The van der Waals surface area contributed by atoms with Crippen molar-refractivity contribution in [1.82, 2.24) is 35.1 Å². The van der Waals surface area contributed by atoms with Gasteiger partial charge in [-0.2, -0.15) is 0 Å². The molecular weight excluding hydrogens is 378 g/mol. The summed E-state index contributed by atoms with van der Waals surface area (Å²) in [5, 5.41) is 14.8. The number of fused-ring (bicyclic) bond motifs is 1. The lowest BCUT2D eigenvalue weighted by atomic mass is 9.71. The Morgan fingerprint density at radius 3 is 2.63 bits per heavy atom. The molecule has 1 aromatic carbocycles. The quantitative estimate of drug-likeness (QED) is 0.641. The summed E-state index contributed by atoms with van der Waals surface area (Å²) in [5.74, 6) is 0.970. The SMILES string of the molecule is CC(NC(=O)CC1(Cn2cnnn2)CCCCC1)c1nc2ccccc2n1C(C)C. The summed E-state index contributed by atoms with van der Waals surface area (Å²) in [4.78, 5) is 17.9. The molecule has 0 bridgehead atoms. The smallest absolute Gasteiger partial charge is 0.221 e. The Hall–Kier alpha value is -2.77. The third-order valence-electron chi connectivity index (χ3n) is 6.24. The zero-order valence-electron chi connectivity index (χ0n) is 18.1. The largest absolute Gasteiger partial charge is 0.346 e. The molecule has 2 aromatic heterocycles. The maximum Gasteiger partial charge on any atom is 0.221 e. The lowest BCUT2D eigenvalue weighted by Gasteiger charge is -2.36. The number of carbonyl (C=O) groups excluding carboxylic acids is 1. The van der Waals surface area contributed by atoms with Gasteiger partial charge in [-0.25, -0.2) is 9.67 Å². The van der Waals surface area contributed by atoms with Gasteiger partial charge < -0.3 is 9.88 Å². The normalized spacial score (nSPS) is 17.3. The number of para-hydroxylation sites is 2. The first-order valence-corrected chi connectivity index (χ1v) is 10.9. The molecule has 4 rings (SSSR count). The number of hydrogen-bond donors (Lipinski definition) is 1. The van der Waals surface area contributed by atoms with Crippen LogP contribution in [0.3, 0.4) is 0 Å². The molecule has 1 saturated carbocycles. The van der Waals surface area contributed by atoms with Crippen LogP contribution in [0.25, 0.3) is 11.0 Å². The van der Waals surface area contributed by atoms with Gasteiger partial charge >= 0.3 is 0 Å². The zero-order chi connectivity index (χ0) is 21.1. The molecule has 160 valence electrons. The Morgan fingerprint density at radius 2 is 1.93 bits per heavy atom. The van der Waals surface area contributed by atoms with Gasteiger partial charge in [0.1, 0.15) is 12.2 Å². The summed E-state index contributed by atoms with van der Waals surface area (Å²) in [5.41, 5.74) is 1.98. The molecule has 1 aliphatic carbocycles. The van der Waals surface area contributed by atoms with E-state index in [0.717, 1.165) is 42.5 Å². The molecule has 0 spiro atoms. The lowest BCUT2D eigenvalue weighted by Crippen LogP contribution is -2.38. The van der Waals surface area contributed by atoms with Crippen LogP contribution in [-0.4, -0.2) is 35.7 Å². The number of aromatic nitrogens is 6. The van der Waals surface area contributed by atoms with Crippen molar-refractivity contribution in [3.05, 3.63) is 36.4 Å². The number of benzene rings is 1. The number of amides is 1. The van der Waals surface area contributed by atoms with E-state index in [1.165, 1.54) is 6.42 Å². The summed E-state index contributed by atoms with van der Waals surface area (Å²) in [7, 11) is 0. The van der Waals surface area contributed by atoms with Gasteiger partial charge in [-0.1, -0.05) is 31.4 Å². The van der Waals surface area contributed by atoms with Crippen molar-refractivity contribution >= 4 is 16.9 Å². The van der Waals surface area contributed by atoms with Crippen LogP contribution in [-0.2, 0) is 11.3 Å². The molecule has 3 aromatic rings. The Labute approximate surface area is 177 Å². The van der Waals surface area contributed by atoms with Crippen molar-refractivity contribution in [2.24, 2.45) is 5.41 Å². The Kier molecular flexibility index (Phi) is 5.83. The maximum atomic E-state index is 13.1. The monoisotopic (exact) mass is 409 g/mol. The molecule has 0 saturated heterocycles. The summed E-state index contributed by atoms with van der Waals surface area (Å²) < 4.78 is 3.98. The van der Waals surface area contributed by atoms with Crippen molar-refractivity contribution in [3.63, 3.8) is 0 Å². The molecule has 8 heteroatoms. The van der Waals surface area contributed by atoms with Gasteiger partial charge in [0.2, 0.25) is 5.91 Å². The first-order valence-electron chi connectivity index (χ1n) is 10.9. The number of rotatable bonds is 7. The van der Waals surface area contributed by atoms with Crippen molar-refractivity contribution in [3.8, 4) is 0 Å². The minimum atomic E-state index is -0.166. The van der Waals surface area contributed by atoms with Gasteiger partial charge in [0.05, 0.1) is 23.6 Å². The average Bonchev–Trinajstić information content (AvgIpc) is 3.35. The summed E-state index contributed by atoms with van der Waals surface area (Å²) in [6.45, 7) is 7.00. The maximum absolute atomic E-state index is 13.1. The molecule has 8 nitrogen and oxygen atoms in total. The average molecular weight is 410 g/mol. The second-order valence-corrected chi connectivity index (χ2v) is 8.96. The fraction of sp³-hybridized carbons (Fsp3) is 0.591. The van der Waals surface area contributed by atoms with Crippen LogP contribution in [0.1, 0.15) is 77.2 Å². The molecule has 0 radical (unpaired) electrons. The minimum Gasteiger partial charge on any atom is -0.346 e. The molecule has 1 atom stereocenters. The van der Waals surface area contributed by atoms with Crippen LogP contribution in [0, 0.1) is 5.41 Å². The molecule has 30 heavy (non-hydrogen) atoms. The van der Waals surface area contributed by atoms with Crippen molar-refractivity contribution < 1.29 is 4.79 Å². The van der Waals surface area contributed by atoms with Gasteiger partial charge in [-0.15, -0.1) is 5.10 Å². The molecule has 1 unspecified atom stereocenters. The summed E-state index contributed by atoms with van der Waals surface area (Å²) in [6, 6.07) is 8.23. The Balaban J connectivity index is 1.51. The van der Waals surface area contributed by atoms with Crippen molar-refractivity contribution in [1.29, 1.82) is 0 Å². The molecular formula is C22H31N7O. The van der Waals surface area contributed by atoms with E-state index in [4.69, 9.17) is 4.98 Å². The zero-order valence-corrected chi connectivity index (χ0v) is 18.1. The van der Waals surface area contributed by atoms with Gasteiger partial charge in [-0.05, 0) is 61.6 Å². The highest BCUT2D eigenvalue weighted by atomic mass is 16.1. The number of nitrogens with one attached hydrogen (secondary N) is 1. The fourth-order valence-corrected chi connectivity index (χ4v) is 4.90. The molecule has 1 amide bonds. The minimum absolute atomic E-state index is 0.0693. The van der Waals surface area contributed by atoms with Crippen LogP contribution < -0.4 is 5.32 Å². The molecule has 1 fully saturated rings. The van der Waals surface area contributed by atoms with Crippen LogP contribution in [0.2, 0.25) is 0 Å². The highest BCUT2D eigenvalue weighted by Crippen LogP contribution is 2.40.